The molecule has 0 radical (unpaired) electrons. The van der Waals surface area contributed by atoms with Crippen LogP contribution in [-0.4, -0.2) is 50.4 Å². The van der Waals surface area contributed by atoms with E-state index in [0.29, 0.717) is 6.54 Å². The average Bonchev–Trinajstić information content (AvgIpc) is 3.07. The summed E-state index contributed by atoms with van der Waals surface area (Å²) in [4.78, 5) is 18.2. The van der Waals surface area contributed by atoms with E-state index in [0.717, 1.165) is 31.4 Å². The molecule has 6 nitrogen and oxygen atoms in total. The van der Waals surface area contributed by atoms with Crippen molar-refractivity contribution >= 4 is 5.91 Å². The lowest BCUT2D eigenvalue weighted by atomic mass is 9.86. The van der Waals surface area contributed by atoms with E-state index >= 15 is 0 Å². The predicted octanol–water partition coefficient (Wildman–Crippen LogP) is 1.89. The number of benzene rings is 1. The van der Waals surface area contributed by atoms with Gasteiger partial charge in [-0.2, -0.15) is 0 Å². The molecule has 1 aromatic carbocycles. The fourth-order valence-corrected chi connectivity index (χ4v) is 3.07. The van der Waals surface area contributed by atoms with Crippen LogP contribution in [0.2, 0.25) is 0 Å². The summed E-state index contributed by atoms with van der Waals surface area (Å²) in [5.74, 6) is 0.119. The Morgan fingerprint density at radius 1 is 1.30 bits per heavy atom. The van der Waals surface area contributed by atoms with Gasteiger partial charge >= 0.3 is 0 Å². The van der Waals surface area contributed by atoms with Crippen molar-refractivity contribution in [2.45, 2.75) is 31.8 Å². The second kappa shape index (κ2) is 6.91. The number of carbonyl (C=O) groups is 1. The standard InChI is InChI=1S/C17H22N4O2/c1-20(11-13-7-5-6-10-15(13)22)17(23)16-18-12-21(19-16)14-8-3-2-4-9-14/h2-4,8-9,12-13,15,22H,5-7,10-11H2,1H3. The number of carbonyl (C=O) groups excluding carboxylic acids is 1. The van der Waals surface area contributed by atoms with Crippen LogP contribution in [0.3, 0.4) is 0 Å². The van der Waals surface area contributed by atoms with Crippen molar-refractivity contribution in [1.82, 2.24) is 19.7 Å². The Morgan fingerprint density at radius 3 is 2.78 bits per heavy atom. The van der Waals surface area contributed by atoms with E-state index in [4.69, 9.17) is 0 Å². The summed E-state index contributed by atoms with van der Waals surface area (Å²) < 4.78 is 1.59. The summed E-state index contributed by atoms with van der Waals surface area (Å²) >= 11 is 0. The number of para-hydroxylation sites is 1. The molecule has 1 amide bonds. The van der Waals surface area contributed by atoms with Crippen LogP contribution in [0.4, 0.5) is 0 Å². The normalized spacial score (nSPS) is 21.1. The molecule has 2 atom stereocenters. The summed E-state index contributed by atoms with van der Waals surface area (Å²) in [6.45, 7) is 0.542. The monoisotopic (exact) mass is 314 g/mol. The van der Waals surface area contributed by atoms with Gasteiger partial charge in [0.1, 0.15) is 6.33 Å². The van der Waals surface area contributed by atoms with Gasteiger partial charge in [-0.15, -0.1) is 5.10 Å². The van der Waals surface area contributed by atoms with Gasteiger partial charge in [0.25, 0.3) is 5.91 Å². The third-order valence-corrected chi connectivity index (χ3v) is 4.43. The van der Waals surface area contributed by atoms with Crippen LogP contribution in [0.1, 0.15) is 36.3 Å². The van der Waals surface area contributed by atoms with Crippen molar-refractivity contribution in [3.05, 3.63) is 42.5 Å². The molecule has 0 aliphatic heterocycles. The summed E-state index contributed by atoms with van der Waals surface area (Å²) in [7, 11) is 1.74. The lowest BCUT2D eigenvalue weighted by molar-refractivity contribution is 0.0446. The topological polar surface area (TPSA) is 71.2 Å². The molecule has 2 aromatic rings. The molecule has 0 bridgehead atoms. The van der Waals surface area contributed by atoms with Gasteiger partial charge in [0, 0.05) is 19.5 Å². The van der Waals surface area contributed by atoms with E-state index in [9.17, 15) is 9.90 Å². The highest BCUT2D eigenvalue weighted by atomic mass is 16.3. The molecule has 1 heterocycles. The molecule has 6 heteroatoms. The van der Waals surface area contributed by atoms with Gasteiger partial charge in [-0.3, -0.25) is 4.79 Å². The molecule has 1 saturated carbocycles. The van der Waals surface area contributed by atoms with E-state index in [1.165, 1.54) is 0 Å². The van der Waals surface area contributed by atoms with Crippen molar-refractivity contribution < 1.29 is 9.90 Å². The van der Waals surface area contributed by atoms with E-state index in [1.54, 1.807) is 23.0 Å². The summed E-state index contributed by atoms with van der Waals surface area (Å²) in [6, 6.07) is 9.57. The molecule has 122 valence electrons. The minimum absolute atomic E-state index is 0.147. The first kappa shape index (κ1) is 15.7. The van der Waals surface area contributed by atoms with Crippen LogP contribution >= 0.6 is 0 Å². The number of aromatic nitrogens is 3. The molecule has 1 fully saturated rings. The lowest BCUT2D eigenvalue weighted by Gasteiger charge is -2.30. The van der Waals surface area contributed by atoms with Crippen molar-refractivity contribution in [1.29, 1.82) is 0 Å². The third-order valence-electron chi connectivity index (χ3n) is 4.43. The molecular weight excluding hydrogens is 292 g/mol. The van der Waals surface area contributed by atoms with E-state index < -0.39 is 0 Å². The molecule has 0 spiro atoms. The van der Waals surface area contributed by atoms with E-state index in [-0.39, 0.29) is 23.8 Å². The molecule has 1 aromatic heterocycles. The Balaban J connectivity index is 1.67. The predicted molar refractivity (Wildman–Crippen MR) is 86.3 cm³/mol. The number of hydrogen-bond acceptors (Lipinski definition) is 4. The van der Waals surface area contributed by atoms with Crippen LogP contribution in [0, 0.1) is 5.92 Å². The van der Waals surface area contributed by atoms with Gasteiger partial charge in [0.15, 0.2) is 0 Å². The zero-order valence-corrected chi connectivity index (χ0v) is 13.3. The highest BCUT2D eigenvalue weighted by Gasteiger charge is 2.27. The van der Waals surface area contributed by atoms with Gasteiger partial charge in [-0.25, -0.2) is 9.67 Å². The molecule has 2 unspecified atom stereocenters. The minimum atomic E-state index is -0.311. The molecule has 3 rings (SSSR count). The van der Waals surface area contributed by atoms with Gasteiger partial charge < -0.3 is 10.0 Å². The minimum Gasteiger partial charge on any atom is -0.393 e. The molecular formula is C17H22N4O2. The quantitative estimate of drug-likeness (QED) is 0.935. The first-order valence-corrected chi connectivity index (χ1v) is 8.06. The van der Waals surface area contributed by atoms with Crippen LogP contribution in [-0.2, 0) is 0 Å². The zero-order valence-electron chi connectivity index (χ0n) is 13.3. The Kier molecular flexibility index (Phi) is 4.71. The van der Waals surface area contributed by atoms with Crippen LogP contribution in [0.15, 0.2) is 36.7 Å². The highest BCUT2D eigenvalue weighted by molar-refractivity contribution is 5.90. The molecule has 1 N–H and O–H groups in total. The Hall–Kier alpha value is -2.21. The number of hydrogen-bond donors (Lipinski definition) is 1. The van der Waals surface area contributed by atoms with Gasteiger partial charge in [0.2, 0.25) is 5.82 Å². The van der Waals surface area contributed by atoms with E-state index in [2.05, 4.69) is 10.1 Å². The fourth-order valence-electron chi connectivity index (χ4n) is 3.07. The first-order chi connectivity index (χ1) is 11.1. The van der Waals surface area contributed by atoms with Crippen LogP contribution in [0.25, 0.3) is 5.69 Å². The maximum absolute atomic E-state index is 12.5. The Bertz CT molecular complexity index is 656. The summed E-state index contributed by atoms with van der Waals surface area (Å²) in [5.41, 5.74) is 0.865. The molecule has 23 heavy (non-hydrogen) atoms. The van der Waals surface area contributed by atoms with Gasteiger partial charge in [-0.05, 0) is 25.0 Å². The Labute approximate surface area is 135 Å². The second-order valence-corrected chi connectivity index (χ2v) is 6.15. The van der Waals surface area contributed by atoms with Crippen LogP contribution in [0.5, 0.6) is 0 Å². The number of aliphatic hydroxyl groups is 1. The van der Waals surface area contributed by atoms with Crippen molar-refractivity contribution in [2.24, 2.45) is 5.92 Å². The maximum atomic E-state index is 12.5. The average molecular weight is 314 g/mol. The summed E-state index contributed by atoms with van der Waals surface area (Å²) in [5, 5.41) is 14.3. The highest BCUT2D eigenvalue weighted by Crippen LogP contribution is 2.25. The lowest BCUT2D eigenvalue weighted by Crippen LogP contribution is -2.38. The fraction of sp³-hybridized carbons (Fsp3) is 0.471. The summed E-state index contributed by atoms with van der Waals surface area (Å²) in [6.07, 6.45) is 5.21. The second-order valence-electron chi connectivity index (χ2n) is 6.15. The number of nitrogens with zero attached hydrogens (tertiary/aromatic N) is 4. The number of amides is 1. The maximum Gasteiger partial charge on any atom is 0.293 e. The van der Waals surface area contributed by atoms with Crippen molar-refractivity contribution in [2.75, 3.05) is 13.6 Å². The molecule has 0 saturated heterocycles. The number of rotatable bonds is 4. The Morgan fingerprint density at radius 2 is 2.04 bits per heavy atom. The van der Waals surface area contributed by atoms with Crippen LogP contribution < -0.4 is 0 Å². The SMILES string of the molecule is CN(CC1CCCCC1O)C(=O)c1ncn(-c2ccccc2)n1. The molecule has 1 aliphatic rings. The first-order valence-electron chi connectivity index (χ1n) is 8.06. The zero-order chi connectivity index (χ0) is 16.2. The third kappa shape index (κ3) is 3.59. The van der Waals surface area contributed by atoms with Crippen molar-refractivity contribution in [3.63, 3.8) is 0 Å². The largest absolute Gasteiger partial charge is 0.393 e. The van der Waals surface area contributed by atoms with Gasteiger partial charge in [0.05, 0.1) is 11.8 Å². The number of aliphatic hydroxyl groups excluding tert-OH is 1. The van der Waals surface area contributed by atoms with Gasteiger partial charge in [-0.1, -0.05) is 31.0 Å². The smallest absolute Gasteiger partial charge is 0.293 e. The molecule has 1 aliphatic carbocycles. The van der Waals surface area contributed by atoms with Crippen molar-refractivity contribution in [3.8, 4) is 5.69 Å². The van der Waals surface area contributed by atoms with E-state index in [1.807, 2.05) is 30.3 Å².